The first kappa shape index (κ1) is 16.2. The molecule has 130 valence electrons. The van der Waals surface area contributed by atoms with E-state index in [0.29, 0.717) is 16.6 Å². The van der Waals surface area contributed by atoms with E-state index in [1.807, 2.05) is 31.2 Å². The smallest absolute Gasteiger partial charge is 0.369 e. The van der Waals surface area contributed by atoms with Gasteiger partial charge in [-0.15, -0.1) is 10.2 Å². The summed E-state index contributed by atoms with van der Waals surface area (Å²) in [5, 5.41) is 16.1. The van der Waals surface area contributed by atoms with Crippen molar-refractivity contribution in [2.45, 2.75) is 13.5 Å². The van der Waals surface area contributed by atoms with E-state index in [9.17, 15) is 4.79 Å². The Balaban J connectivity index is 1.60. The molecule has 4 aromatic rings. The number of benzene rings is 2. The Labute approximate surface area is 152 Å². The van der Waals surface area contributed by atoms with Crippen molar-refractivity contribution in [3.8, 4) is 17.1 Å². The molecule has 0 aliphatic carbocycles. The van der Waals surface area contributed by atoms with E-state index in [4.69, 9.17) is 16.0 Å². The lowest BCUT2D eigenvalue weighted by Crippen LogP contribution is -2.25. The molecule has 2 heterocycles. The van der Waals surface area contributed by atoms with Crippen molar-refractivity contribution in [1.29, 1.82) is 0 Å². The standard InChI is InChI=1S/C17H13ClN6O2/c1-11-6-8-12(9-7-11)16-20-19-15(26-16)10-23-17(25)24(22-21-23)14-5-3-2-4-13(14)18/h2-9H,10H2,1H3. The summed E-state index contributed by atoms with van der Waals surface area (Å²) in [4.78, 5) is 12.5. The van der Waals surface area contributed by atoms with Gasteiger partial charge in [0.15, 0.2) is 0 Å². The molecule has 0 saturated carbocycles. The van der Waals surface area contributed by atoms with E-state index >= 15 is 0 Å². The first-order chi connectivity index (χ1) is 12.6. The first-order valence-corrected chi connectivity index (χ1v) is 8.17. The van der Waals surface area contributed by atoms with Crippen molar-refractivity contribution in [3.05, 3.63) is 75.5 Å². The minimum Gasteiger partial charge on any atom is -0.419 e. The van der Waals surface area contributed by atoms with Crippen molar-refractivity contribution in [2.75, 3.05) is 0 Å². The third-order valence-corrected chi connectivity index (χ3v) is 4.09. The maximum atomic E-state index is 12.5. The Morgan fingerprint density at radius 3 is 2.58 bits per heavy atom. The predicted molar refractivity (Wildman–Crippen MR) is 94.2 cm³/mol. The number of rotatable bonds is 4. The largest absolute Gasteiger partial charge is 0.419 e. The summed E-state index contributed by atoms with van der Waals surface area (Å²) in [6.07, 6.45) is 0. The van der Waals surface area contributed by atoms with Crippen molar-refractivity contribution < 1.29 is 4.42 Å². The molecule has 0 N–H and O–H groups in total. The average Bonchev–Trinajstić information content (AvgIpc) is 3.24. The van der Waals surface area contributed by atoms with Gasteiger partial charge in [0.05, 0.1) is 10.7 Å². The SMILES string of the molecule is Cc1ccc(-c2nnc(Cn3nnn(-c4ccccc4Cl)c3=O)o2)cc1. The van der Waals surface area contributed by atoms with Crippen LogP contribution >= 0.6 is 11.6 Å². The Morgan fingerprint density at radius 2 is 1.81 bits per heavy atom. The number of halogens is 1. The van der Waals surface area contributed by atoms with Crippen LogP contribution in [-0.4, -0.2) is 30.0 Å². The molecule has 0 atom stereocenters. The first-order valence-electron chi connectivity index (χ1n) is 7.79. The van der Waals surface area contributed by atoms with Crippen molar-refractivity contribution in [2.24, 2.45) is 0 Å². The zero-order valence-corrected chi connectivity index (χ0v) is 14.5. The van der Waals surface area contributed by atoms with Gasteiger partial charge in [-0.1, -0.05) is 41.4 Å². The fraction of sp³-hybridized carbons (Fsp3) is 0.118. The molecule has 0 spiro atoms. The van der Waals surface area contributed by atoms with Gasteiger partial charge in [0, 0.05) is 5.56 Å². The molecular formula is C17H13ClN6O2. The Kier molecular flexibility index (Phi) is 4.10. The molecule has 0 bridgehead atoms. The van der Waals surface area contributed by atoms with Crippen molar-refractivity contribution in [3.63, 3.8) is 0 Å². The number of tetrazole rings is 1. The van der Waals surface area contributed by atoms with Gasteiger partial charge in [-0.2, -0.15) is 9.36 Å². The summed E-state index contributed by atoms with van der Waals surface area (Å²) in [5.41, 5.74) is 1.95. The molecule has 4 rings (SSSR count). The second-order valence-electron chi connectivity index (χ2n) is 5.65. The van der Waals surface area contributed by atoms with Gasteiger partial charge in [0.2, 0.25) is 11.8 Å². The van der Waals surface area contributed by atoms with Crippen LogP contribution in [-0.2, 0) is 6.54 Å². The molecule has 0 saturated heterocycles. The van der Waals surface area contributed by atoms with Gasteiger partial charge in [-0.25, -0.2) is 4.79 Å². The highest BCUT2D eigenvalue weighted by atomic mass is 35.5. The van der Waals surface area contributed by atoms with Crippen LogP contribution in [0, 0.1) is 6.92 Å². The summed E-state index contributed by atoms with van der Waals surface area (Å²) in [6, 6.07) is 14.6. The van der Waals surface area contributed by atoms with Crippen LogP contribution in [0.3, 0.4) is 0 Å². The van der Waals surface area contributed by atoms with E-state index in [1.165, 1.54) is 0 Å². The fourth-order valence-electron chi connectivity index (χ4n) is 2.41. The summed E-state index contributed by atoms with van der Waals surface area (Å²) in [7, 11) is 0. The van der Waals surface area contributed by atoms with Gasteiger partial charge in [0.25, 0.3) is 0 Å². The molecule has 0 amide bonds. The van der Waals surface area contributed by atoms with Crippen LogP contribution in [0.1, 0.15) is 11.5 Å². The van der Waals surface area contributed by atoms with Crippen molar-refractivity contribution >= 4 is 11.6 Å². The molecule has 9 heteroatoms. The zero-order valence-electron chi connectivity index (χ0n) is 13.7. The minimum atomic E-state index is -0.451. The minimum absolute atomic E-state index is 0.0160. The van der Waals surface area contributed by atoms with Crippen molar-refractivity contribution in [1.82, 2.24) is 30.0 Å². The zero-order chi connectivity index (χ0) is 18.1. The topological polar surface area (TPSA) is 91.6 Å². The normalized spacial score (nSPS) is 11.0. The second-order valence-corrected chi connectivity index (χ2v) is 6.06. The van der Waals surface area contributed by atoms with E-state index in [1.54, 1.807) is 24.3 Å². The van der Waals surface area contributed by atoms with Crippen LogP contribution in [0.15, 0.2) is 57.7 Å². The monoisotopic (exact) mass is 368 g/mol. The van der Waals surface area contributed by atoms with Gasteiger partial charge < -0.3 is 4.42 Å². The molecule has 0 fully saturated rings. The molecule has 0 radical (unpaired) electrons. The number of para-hydroxylation sites is 1. The van der Waals surface area contributed by atoms with E-state index in [0.717, 1.165) is 20.5 Å². The molecular weight excluding hydrogens is 356 g/mol. The molecule has 0 aliphatic rings. The predicted octanol–water partition coefficient (Wildman–Crippen LogP) is 2.49. The lowest BCUT2D eigenvalue weighted by atomic mass is 10.1. The quantitative estimate of drug-likeness (QED) is 0.549. The highest BCUT2D eigenvalue weighted by Gasteiger charge is 2.15. The molecule has 0 aliphatic heterocycles. The van der Waals surface area contributed by atoms with Gasteiger partial charge >= 0.3 is 5.69 Å². The molecule has 8 nitrogen and oxygen atoms in total. The molecule has 0 unspecified atom stereocenters. The highest BCUT2D eigenvalue weighted by molar-refractivity contribution is 6.32. The molecule has 2 aromatic heterocycles. The molecule has 2 aromatic carbocycles. The average molecular weight is 369 g/mol. The number of nitrogens with zero attached hydrogens (tertiary/aromatic N) is 6. The highest BCUT2D eigenvalue weighted by Crippen LogP contribution is 2.19. The van der Waals surface area contributed by atoms with Crippen LogP contribution < -0.4 is 5.69 Å². The summed E-state index contributed by atoms with van der Waals surface area (Å²) >= 11 is 6.10. The van der Waals surface area contributed by atoms with Gasteiger partial charge in [-0.3, -0.25) is 0 Å². The fourth-order valence-corrected chi connectivity index (χ4v) is 2.62. The summed E-state index contributed by atoms with van der Waals surface area (Å²) < 4.78 is 7.88. The van der Waals surface area contributed by atoms with E-state index < -0.39 is 5.69 Å². The Bertz CT molecular complexity index is 1110. The number of hydrogen-bond acceptors (Lipinski definition) is 6. The van der Waals surface area contributed by atoms with E-state index in [-0.39, 0.29) is 12.4 Å². The van der Waals surface area contributed by atoms with Gasteiger partial charge in [-0.05, 0) is 41.6 Å². The lowest BCUT2D eigenvalue weighted by Gasteiger charge is -1.99. The second kappa shape index (κ2) is 6.57. The summed E-state index contributed by atoms with van der Waals surface area (Å²) in [6.45, 7) is 2.01. The van der Waals surface area contributed by atoms with E-state index in [2.05, 4.69) is 20.6 Å². The van der Waals surface area contributed by atoms with Crippen LogP contribution in [0.2, 0.25) is 5.02 Å². The number of hydrogen-bond donors (Lipinski definition) is 0. The number of aromatic nitrogens is 6. The third kappa shape index (κ3) is 3.02. The van der Waals surface area contributed by atoms with Crippen LogP contribution in [0.4, 0.5) is 0 Å². The maximum absolute atomic E-state index is 12.5. The Hall–Kier alpha value is -3.26. The third-order valence-electron chi connectivity index (χ3n) is 3.77. The number of aryl methyl sites for hydroxylation is 1. The summed E-state index contributed by atoms with van der Waals surface area (Å²) in [5.74, 6) is 0.639. The molecule has 26 heavy (non-hydrogen) atoms. The lowest BCUT2D eigenvalue weighted by molar-refractivity contribution is 0.464. The Morgan fingerprint density at radius 1 is 1.04 bits per heavy atom. The van der Waals surface area contributed by atoms with Crippen LogP contribution in [0.25, 0.3) is 17.1 Å². The van der Waals surface area contributed by atoms with Crippen LogP contribution in [0.5, 0.6) is 0 Å². The van der Waals surface area contributed by atoms with Gasteiger partial charge in [0.1, 0.15) is 6.54 Å². The maximum Gasteiger partial charge on any atom is 0.369 e.